The number of ether oxygens (including phenoxy) is 1. The van der Waals surface area contributed by atoms with E-state index in [4.69, 9.17) is 20.3 Å². The molecule has 1 aromatic heterocycles. The van der Waals surface area contributed by atoms with Gasteiger partial charge >= 0.3 is 6.09 Å². The van der Waals surface area contributed by atoms with Gasteiger partial charge in [0.15, 0.2) is 11.4 Å². The van der Waals surface area contributed by atoms with Gasteiger partial charge in [0.1, 0.15) is 23.5 Å². The van der Waals surface area contributed by atoms with E-state index in [2.05, 4.69) is 9.71 Å². The highest BCUT2D eigenvalue weighted by Gasteiger charge is 2.45. The monoisotopic (exact) mass is 776 g/mol. The highest BCUT2D eigenvalue weighted by Crippen LogP contribution is 2.31. The summed E-state index contributed by atoms with van der Waals surface area (Å²) in [5.41, 5.74) is 7.78. The normalized spacial score (nSPS) is 20.6. The first-order valence-corrected chi connectivity index (χ1v) is 21.3. The van der Waals surface area contributed by atoms with Gasteiger partial charge in [-0.1, -0.05) is 68.5 Å². The third kappa shape index (κ3) is 10.6. The summed E-state index contributed by atoms with van der Waals surface area (Å²) in [6.45, 7) is 1.03. The summed E-state index contributed by atoms with van der Waals surface area (Å²) in [6.07, 6.45) is 8.58. The molecule has 4 N–H and O–H groups in total. The molecule has 0 bridgehead atoms. The number of amides is 2. The number of oxazole rings is 1. The number of hydrogen-bond donors (Lipinski definition) is 3. The third-order valence-corrected chi connectivity index (χ3v) is 11.8. The van der Waals surface area contributed by atoms with E-state index in [1.54, 1.807) is 53.4 Å². The van der Waals surface area contributed by atoms with E-state index in [1.165, 1.54) is 4.90 Å². The van der Waals surface area contributed by atoms with Crippen molar-refractivity contribution in [1.29, 1.82) is 5.41 Å². The SMILES string of the molecule is CS(=O)(=O)N[C@H](CCC1CCCCC1)C(=O)N1C[C@H](OC(=O)N2CCCCC2)C[C@H]1C(=O)C[C@@H](Cc1ccc(C(=N)N)cc1)C(=O)c1nc2ccccc2o1. The molecule has 3 heterocycles. The Morgan fingerprint density at radius 1 is 1.00 bits per heavy atom. The Kier molecular flexibility index (Phi) is 13.0. The van der Waals surface area contributed by atoms with Gasteiger partial charge in [-0.2, -0.15) is 0 Å². The van der Waals surface area contributed by atoms with Crippen molar-refractivity contribution in [2.24, 2.45) is 17.6 Å². The number of para-hydroxylation sites is 2. The molecule has 14 nitrogen and oxygen atoms in total. The second-order valence-corrected chi connectivity index (χ2v) is 17.1. The lowest BCUT2D eigenvalue weighted by Gasteiger charge is -2.30. The van der Waals surface area contributed by atoms with Crippen molar-refractivity contribution in [3.05, 3.63) is 65.5 Å². The van der Waals surface area contributed by atoms with Gasteiger partial charge in [0.05, 0.1) is 18.8 Å². The molecular formula is C40H52N6O8S. The standard InChI is InChI=1S/C40H52N6O8S/c1-55(51,52)44-32(19-16-26-10-4-2-5-11-26)39(49)46-25-30(53-40(50)45-20-8-3-9-21-45)24-33(46)34(47)23-29(22-27-14-17-28(18-15-27)37(41)42)36(48)38-43-31-12-6-7-13-35(31)54-38/h6-7,12-15,17-18,26,29-30,32-33,44H,2-5,8-11,16,19-25H2,1H3,(H3,41,42)/t29-,30-,32-,33+/m1/s1. The van der Waals surface area contributed by atoms with Crippen LogP contribution in [0.2, 0.25) is 0 Å². The van der Waals surface area contributed by atoms with Crippen LogP contribution in [0.3, 0.4) is 0 Å². The average Bonchev–Trinajstić information content (AvgIpc) is 3.81. The largest absolute Gasteiger partial charge is 0.444 e. The van der Waals surface area contributed by atoms with E-state index < -0.39 is 57.7 Å². The summed E-state index contributed by atoms with van der Waals surface area (Å²) in [6, 6.07) is 11.6. The molecule has 2 amide bonds. The summed E-state index contributed by atoms with van der Waals surface area (Å²) in [5.74, 6) is -2.30. The summed E-state index contributed by atoms with van der Waals surface area (Å²) in [4.78, 5) is 63.7. The lowest BCUT2D eigenvalue weighted by Crippen LogP contribution is -2.52. The summed E-state index contributed by atoms with van der Waals surface area (Å²) in [5, 5.41) is 7.75. The zero-order chi connectivity index (χ0) is 39.1. The van der Waals surface area contributed by atoms with Crippen molar-refractivity contribution in [3.63, 3.8) is 0 Å². The molecule has 4 atom stereocenters. The molecule has 1 saturated carbocycles. The Hall–Kier alpha value is -4.63. The van der Waals surface area contributed by atoms with Gasteiger partial charge in [0.25, 0.3) is 5.89 Å². The Bertz CT molecular complexity index is 1940. The second-order valence-electron chi connectivity index (χ2n) is 15.4. The maximum atomic E-state index is 14.5. The number of carbonyl (C=O) groups is 4. The first-order valence-electron chi connectivity index (χ1n) is 19.4. The smallest absolute Gasteiger partial charge is 0.410 e. The minimum absolute atomic E-state index is 0.00940. The number of fused-ring (bicyclic) bond motifs is 1. The summed E-state index contributed by atoms with van der Waals surface area (Å²) >= 11 is 0. The van der Waals surface area contributed by atoms with E-state index in [1.807, 2.05) is 0 Å². The van der Waals surface area contributed by atoms with E-state index in [9.17, 15) is 27.6 Å². The Labute approximate surface area is 322 Å². The Balaban J connectivity index is 1.27. The molecular weight excluding hydrogens is 725 g/mol. The maximum Gasteiger partial charge on any atom is 0.410 e. The van der Waals surface area contributed by atoms with Crippen molar-refractivity contribution in [2.75, 3.05) is 25.9 Å². The predicted octanol–water partition coefficient (Wildman–Crippen LogP) is 4.98. The van der Waals surface area contributed by atoms with Crippen LogP contribution in [-0.4, -0.2) is 96.7 Å². The number of nitrogens with one attached hydrogen (secondary N) is 2. The van der Waals surface area contributed by atoms with Crippen LogP contribution in [0.1, 0.15) is 98.9 Å². The Morgan fingerprint density at radius 2 is 1.69 bits per heavy atom. The molecule has 2 aromatic carbocycles. The fourth-order valence-electron chi connectivity index (χ4n) is 8.19. The molecule has 15 heteroatoms. The molecule has 2 aliphatic heterocycles. The highest BCUT2D eigenvalue weighted by atomic mass is 32.2. The molecule has 1 aliphatic carbocycles. The molecule has 6 rings (SSSR count). The topological polar surface area (TPSA) is 206 Å². The van der Waals surface area contributed by atoms with Crippen molar-refractivity contribution in [3.8, 4) is 0 Å². The van der Waals surface area contributed by atoms with Gasteiger partial charge in [-0.05, 0) is 62.1 Å². The average molecular weight is 777 g/mol. The molecule has 296 valence electrons. The number of rotatable bonds is 15. The van der Waals surface area contributed by atoms with Crippen LogP contribution in [0, 0.1) is 17.2 Å². The number of sulfonamides is 1. The number of nitrogens with zero attached hydrogens (tertiary/aromatic N) is 3. The van der Waals surface area contributed by atoms with Crippen LogP contribution in [-0.2, 0) is 30.8 Å². The second kappa shape index (κ2) is 17.9. The van der Waals surface area contributed by atoms with Gasteiger partial charge < -0.3 is 24.7 Å². The number of piperidine rings is 1. The van der Waals surface area contributed by atoms with Gasteiger partial charge in [-0.25, -0.2) is 22.9 Å². The van der Waals surface area contributed by atoms with Crippen LogP contribution >= 0.6 is 0 Å². The number of hydrogen-bond acceptors (Lipinski definition) is 10. The number of nitrogen functional groups attached to an aromatic ring is 1. The molecule has 2 saturated heterocycles. The van der Waals surface area contributed by atoms with Crippen molar-refractivity contribution >= 4 is 50.5 Å². The first-order chi connectivity index (χ1) is 26.3. The third-order valence-electron chi connectivity index (χ3n) is 11.1. The first kappa shape index (κ1) is 40.0. The summed E-state index contributed by atoms with van der Waals surface area (Å²) in [7, 11) is -3.81. The molecule has 3 aliphatic rings. The van der Waals surface area contributed by atoms with E-state index in [0.29, 0.717) is 47.7 Å². The Morgan fingerprint density at radius 3 is 2.36 bits per heavy atom. The number of nitrogens with two attached hydrogens (primary N) is 1. The molecule has 0 radical (unpaired) electrons. The molecule has 0 unspecified atom stereocenters. The minimum atomic E-state index is -3.81. The zero-order valence-electron chi connectivity index (χ0n) is 31.4. The van der Waals surface area contributed by atoms with E-state index in [-0.39, 0.29) is 44.0 Å². The van der Waals surface area contributed by atoms with Crippen LogP contribution in [0.15, 0.2) is 52.9 Å². The number of aromatic nitrogens is 1. The fraction of sp³-hybridized carbons (Fsp3) is 0.550. The lowest BCUT2D eigenvalue weighted by molar-refractivity contribution is -0.139. The fourth-order valence-corrected chi connectivity index (χ4v) is 8.92. The number of benzene rings is 2. The minimum Gasteiger partial charge on any atom is -0.444 e. The van der Waals surface area contributed by atoms with Crippen LogP contribution in [0.25, 0.3) is 11.1 Å². The van der Waals surface area contributed by atoms with Crippen LogP contribution in [0.4, 0.5) is 4.79 Å². The lowest BCUT2D eigenvalue weighted by atomic mass is 9.85. The van der Waals surface area contributed by atoms with Crippen molar-refractivity contribution in [2.45, 2.75) is 102 Å². The molecule has 0 spiro atoms. The number of Topliss-reactive ketones (excluding diaryl/α,β-unsaturated/α-hetero) is 2. The van der Waals surface area contributed by atoms with Crippen LogP contribution < -0.4 is 10.5 Å². The highest BCUT2D eigenvalue weighted by molar-refractivity contribution is 7.88. The van der Waals surface area contributed by atoms with Crippen molar-refractivity contribution in [1.82, 2.24) is 19.5 Å². The number of amidine groups is 1. The quantitative estimate of drug-likeness (QED) is 0.107. The van der Waals surface area contributed by atoms with Gasteiger partial charge in [-0.3, -0.25) is 19.8 Å². The maximum absolute atomic E-state index is 14.5. The van der Waals surface area contributed by atoms with E-state index >= 15 is 0 Å². The molecule has 3 aromatic rings. The van der Waals surface area contributed by atoms with Gasteiger partial charge in [0.2, 0.25) is 21.7 Å². The molecule has 55 heavy (non-hydrogen) atoms. The number of carbonyl (C=O) groups excluding carboxylic acids is 4. The summed E-state index contributed by atoms with van der Waals surface area (Å²) < 4.78 is 39.4. The van der Waals surface area contributed by atoms with Crippen molar-refractivity contribution < 1.29 is 36.7 Å². The van der Waals surface area contributed by atoms with Gasteiger partial charge in [0, 0.05) is 37.4 Å². The van der Waals surface area contributed by atoms with E-state index in [0.717, 1.165) is 57.6 Å². The van der Waals surface area contributed by atoms with Gasteiger partial charge in [-0.15, -0.1) is 0 Å². The molecule has 3 fully saturated rings. The number of ketones is 2. The number of likely N-dealkylation sites (tertiary alicyclic amines) is 2. The zero-order valence-corrected chi connectivity index (χ0v) is 32.2. The van der Waals surface area contributed by atoms with Crippen LogP contribution in [0.5, 0.6) is 0 Å². The predicted molar refractivity (Wildman–Crippen MR) is 206 cm³/mol.